The lowest BCUT2D eigenvalue weighted by Crippen LogP contribution is -2.22. The number of anilines is 1. The van der Waals surface area contributed by atoms with Crippen molar-refractivity contribution in [1.82, 2.24) is 4.57 Å². The van der Waals surface area contributed by atoms with Gasteiger partial charge in [0.1, 0.15) is 0 Å². The van der Waals surface area contributed by atoms with E-state index in [0.29, 0.717) is 6.10 Å². The molecule has 0 spiro atoms. The lowest BCUT2D eigenvalue weighted by molar-refractivity contribution is 0.397. The molecular weight excluding hydrogens is 432 g/mol. The number of rotatable bonds is 10. The van der Waals surface area contributed by atoms with E-state index in [1.54, 1.807) is 0 Å². The van der Waals surface area contributed by atoms with Crippen LogP contribution >= 0.6 is 0 Å². The molecule has 1 aromatic heterocycles. The van der Waals surface area contributed by atoms with Crippen molar-refractivity contribution >= 4 is 39.9 Å². The molecule has 180 valence electrons. The normalized spacial score (nSPS) is 15.7. The Balaban J connectivity index is 1.38. The summed E-state index contributed by atoms with van der Waals surface area (Å²) in [6, 6.07) is 21.8. The van der Waals surface area contributed by atoms with Crippen LogP contribution < -0.4 is 4.90 Å². The highest BCUT2D eigenvalue weighted by Gasteiger charge is 2.22. The summed E-state index contributed by atoms with van der Waals surface area (Å²) in [6.07, 6.45) is 6.19. The number of nitrogens with zero attached hydrogens (tertiary/aromatic N) is 4. The van der Waals surface area contributed by atoms with Crippen LogP contribution in [0.15, 0.2) is 70.9 Å². The minimum Gasteiger partial charge on any atom is -0.373 e. The molecule has 0 bridgehead atoms. The van der Waals surface area contributed by atoms with Crippen molar-refractivity contribution in [3.05, 3.63) is 77.4 Å². The van der Waals surface area contributed by atoms with Gasteiger partial charge >= 0.3 is 0 Å². The third kappa shape index (κ3) is 5.01. The third-order valence-corrected chi connectivity index (χ3v) is 6.98. The Morgan fingerprint density at radius 2 is 1.69 bits per heavy atom. The first kappa shape index (κ1) is 23.3. The van der Waals surface area contributed by atoms with Crippen molar-refractivity contribution in [3.63, 3.8) is 0 Å². The standard InChI is InChI=1S/C30H34N4O/c1-4-33(5-2)25-14-12-24(23(18-25)13-15-26-21-35-26)20-32-31-19-22-11-16-30-28(17-22)27-9-7-8-10-29(27)34(30)6-3/h7-12,14,16-20,26H,4-6,13,15,21H2,1-3H3/b31-19+,32-20+. The number of ether oxygens (including phenoxy) is 1. The van der Waals surface area contributed by atoms with E-state index in [0.717, 1.165) is 50.2 Å². The number of hydrogen-bond donors (Lipinski definition) is 0. The van der Waals surface area contributed by atoms with Crippen LogP contribution in [0.2, 0.25) is 0 Å². The van der Waals surface area contributed by atoms with E-state index in [9.17, 15) is 0 Å². The number of benzene rings is 3. The molecule has 0 radical (unpaired) electrons. The van der Waals surface area contributed by atoms with Gasteiger partial charge in [-0.1, -0.05) is 30.3 Å². The first-order chi connectivity index (χ1) is 17.2. The molecule has 5 nitrogen and oxygen atoms in total. The van der Waals surface area contributed by atoms with Crippen LogP contribution in [-0.2, 0) is 17.7 Å². The van der Waals surface area contributed by atoms with Gasteiger partial charge in [-0.3, -0.25) is 0 Å². The van der Waals surface area contributed by atoms with Gasteiger partial charge in [-0.2, -0.15) is 10.2 Å². The summed E-state index contributed by atoms with van der Waals surface area (Å²) in [5.74, 6) is 0. The molecule has 1 aliphatic rings. The third-order valence-electron chi connectivity index (χ3n) is 6.98. The topological polar surface area (TPSA) is 45.4 Å². The van der Waals surface area contributed by atoms with E-state index in [-0.39, 0.29) is 0 Å². The molecule has 0 aliphatic carbocycles. The summed E-state index contributed by atoms with van der Waals surface area (Å²) in [7, 11) is 0. The number of para-hydroxylation sites is 1. The molecule has 0 N–H and O–H groups in total. The number of fused-ring (bicyclic) bond motifs is 3. The number of hydrogen-bond acceptors (Lipinski definition) is 4. The summed E-state index contributed by atoms with van der Waals surface area (Å²) in [5.41, 5.74) is 7.28. The van der Waals surface area contributed by atoms with Gasteiger partial charge in [0, 0.05) is 47.1 Å². The molecule has 1 atom stereocenters. The molecule has 4 aromatic rings. The summed E-state index contributed by atoms with van der Waals surface area (Å²) in [5, 5.41) is 11.3. The van der Waals surface area contributed by atoms with Crippen molar-refractivity contribution in [2.45, 2.75) is 46.3 Å². The quantitative estimate of drug-likeness (QED) is 0.153. The van der Waals surface area contributed by atoms with Crippen LogP contribution in [0.3, 0.4) is 0 Å². The second-order valence-electron chi connectivity index (χ2n) is 9.08. The Bertz CT molecular complexity index is 1380. The summed E-state index contributed by atoms with van der Waals surface area (Å²) < 4.78 is 7.80. The van der Waals surface area contributed by atoms with Crippen molar-refractivity contribution < 1.29 is 4.74 Å². The second kappa shape index (κ2) is 10.4. The predicted octanol–water partition coefficient (Wildman–Crippen LogP) is 6.45. The lowest BCUT2D eigenvalue weighted by atomic mass is 10.0. The second-order valence-corrected chi connectivity index (χ2v) is 9.08. The Kier molecular flexibility index (Phi) is 6.96. The highest BCUT2D eigenvalue weighted by Crippen LogP contribution is 2.29. The summed E-state index contributed by atoms with van der Waals surface area (Å²) in [4.78, 5) is 2.38. The van der Waals surface area contributed by atoms with Gasteiger partial charge in [0.05, 0.1) is 25.1 Å². The summed E-state index contributed by atoms with van der Waals surface area (Å²) in [6.45, 7) is 10.4. The maximum atomic E-state index is 5.43. The molecule has 0 saturated carbocycles. The molecule has 1 saturated heterocycles. The maximum Gasteiger partial charge on any atom is 0.0813 e. The van der Waals surface area contributed by atoms with Crippen molar-refractivity contribution in [2.75, 3.05) is 24.6 Å². The summed E-state index contributed by atoms with van der Waals surface area (Å²) >= 11 is 0. The van der Waals surface area contributed by atoms with Crippen LogP contribution in [0.25, 0.3) is 21.8 Å². The molecule has 35 heavy (non-hydrogen) atoms. The molecule has 1 unspecified atom stereocenters. The molecule has 1 aliphatic heterocycles. The van der Waals surface area contributed by atoms with Gasteiger partial charge in [-0.25, -0.2) is 0 Å². The Morgan fingerprint density at radius 1 is 0.914 bits per heavy atom. The molecule has 0 amide bonds. The Hall–Kier alpha value is -3.44. The molecule has 5 heteroatoms. The van der Waals surface area contributed by atoms with Crippen LogP contribution in [0, 0.1) is 0 Å². The van der Waals surface area contributed by atoms with Gasteiger partial charge in [0.25, 0.3) is 0 Å². The Morgan fingerprint density at radius 3 is 2.46 bits per heavy atom. The van der Waals surface area contributed by atoms with Gasteiger partial charge in [0.15, 0.2) is 0 Å². The van der Waals surface area contributed by atoms with Gasteiger partial charge < -0.3 is 14.2 Å². The highest BCUT2D eigenvalue weighted by atomic mass is 16.6. The smallest absolute Gasteiger partial charge is 0.0813 e. The van der Waals surface area contributed by atoms with E-state index in [1.807, 2.05) is 12.4 Å². The SMILES string of the molecule is CCN(CC)c1ccc(/C=N/N=C/c2ccc3c(c2)c2ccccc2n3CC)c(CCC2CO2)c1. The van der Waals surface area contributed by atoms with E-state index >= 15 is 0 Å². The molecule has 2 heterocycles. The monoisotopic (exact) mass is 466 g/mol. The number of aryl methyl sites for hydroxylation is 2. The first-order valence-corrected chi connectivity index (χ1v) is 12.8. The average Bonchev–Trinajstić information content (AvgIpc) is 3.67. The van der Waals surface area contributed by atoms with Crippen molar-refractivity contribution in [1.29, 1.82) is 0 Å². The van der Waals surface area contributed by atoms with Crippen LogP contribution in [0.4, 0.5) is 5.69 Å². The zero-order valence-corrected chi connectivity index (χ0v) is 20.9. The first-order valence-electron chi connectivity index (χ1n) is 12.8. The molecule has 3 aromatic carbocycles. The fourth-order valence-corrected chi connectivity index (χ4v) is 4.96. The van der Waals surface area contributed by atoms with Gasteiger partial charge in [0.2, 0.25) is 0 Å². The lowest BCUT2D eigenvalue weighted by Gasteiger charge is -2.22. The van der Waals surface area contributed by atoms with Gasteiger partial charge in [-0.15, -0.1) is 0 Å². The highest BCUT2D eigenvalue weighted by molar-refractivity contribution is 6.09. The zero-order valence-electron chi connectivity index (χ0n) is 20.9. The number of aromatic nitrogens is 1. The molecule has 1 fully saturated rings. The van der Waals surface area contributed by atoms with E-state index in [1.165, 1.54) is 33.1 Å². The molecule has 5 rings (SSSR count). The zero-order chi connectivity index (χ0) is 24.2. The maximum absolute atomic E-state index is 5.43. The van der Waals surface area contributed by atoms with Gasteiger partial charge in [-0.05, 0) is 80.6 Å². The van der Waals surface area contributed by atoms with E-state index in [4.69, 9.17) is 4.74 Å². The minimum absolute atomic E-state index is 0.420. The van der Waals surface area contributed by atoms with Crippen molar-refractivity contribution in [3.8, 4) is 0 Å². The largest absolute Gasteiger partial charge is 0.373 e. The fourth-order valence-electron chi connectivity index (χ4n) is 4.96. The Labute approximate surface area is 207 Å². The van der Waals surface area contributed by atoms with Crippen LogP contribution in [0.1, 0.15) is 43.9 Å². The predicted molar refractivity (Wildman–Crippen MR) is 148 cm³/mol. The van der Waals surface area contributed by atoms with E-state index < -0.39 is 0 Å². The minimum atomic E-state index is 0.420. The fraction of sp³-hybridized carbons (Fsp3) is 0.333. The van der Waals surface area contributed by atoms with Crippen LogP contribution in [0.5, 0.6) is 0 Å². The molecular formula is C30H34N4O. The van der Waals surface area contributed by atoms with Crippen molar-refractivity contribution in [2.24, 2.45) is 10.2 Å². The average molecular weight is 467 g/mol. The van der Waals surface area contributed by atoms with Crippen LogP contribution in [-0.4, -0.2) is 42.8 Å². The van der Waals surface area contributed by atoms with E-state index in [2.05, 4.69) is 101 Å². The number of epoxide rings is 1.